The predicted molar refractivity (Wildman–Crippen MR) is 80.4 cm³/mol. The molecular weight excluding hydrogens is 298 g/mol. The van der Waals surface area contributed by atoms with Gasteiger partial charge in [0.25, 0.3) is 0 Å². The Labute approximate surface area is 134 Å². The Bertz CT molecular complexity index is 526. The summed E-state index contributed by atoms with van der Waals surface area (Å²) in [5.74, 6) is 1.18. The molecule has 2 amide bonds. The molecule has 126 valence electrons. The molecule has 0 aliphatic heterocycles. The van der Waals surface area contributed by atoms with Crippen molar-refractivity contribution in [2.45, 2.75) is 57.4 Å². The van der Waals surface area contributed by atoms with Gasteiger partial charge in [0.15, 0.2) is 0 Å². The van der Waals surface area contributed by atoms with Gasteiger partial charge in [-0.05, 0) is 61.7 Å². The van der Waals surface area contributed by atoms with Crippen LogP contribution >= 0.6 is 0 Å². The minimum absolute atomic E-state index is 0.131. The molecule has 0 heterocycles. The third kappa shape index (κ3) is 2.81. The van der Waals surface area contributed by atoms with Crippen molar-refractivity contribution >= 4 is 11.8 Å². The summed E-state index contributed by atoms with van der Waals surface area (Å²) >= 11 is 0. The maximum atomic E-state index is 12.2. The molecule has 5 fully saturated rings. The third-order valence-corrected chi connectivity index (χ3v) is 6.39. The number of nitro groups is 1. The smallest absolute Gasteiger partial charge is 0.248 e. The van der Waals surface area contributed by atoms with Crippen molar-refractivity contribution in [3.8, 4) is 0 Å². The van der Waals surface area contributed by atoms with Gasteiger partial charge in [-0.1, -0.05) is 0 Å². The van der Waals surface area contributed by atoms with Crippen LogP contribution in [0.5, 0.6) is 0 Å². The summed E-state index contributed by atoms with van der Waals surface area (Å²) in [4.78, 5) is 34.1. The van der Waals surface area contributed by atoms with Crippen molar-refractivity contribution in [2.75, 3.05) is 0 Å². The first-order valence-corrected chi connectivity index (χ1v) is 8.66. The number of hydrogen-bond donors (Lipinski definition) is 2. The van der Waals surface area contributed by atoms with Crippen LogP contribution in [0.2, 0.25) is 0 Å². The average Bonchev–Trinajstić information content (AvgIpc) is 3.23. The molecule has 0 saturated heterocycles. The van der Waals surface area contributed by atoms with Gasteiger partial charge >= 0.3 is 0 Å². The number of hydrogen-bond acceptors (Lipinski definition) is 4. The Balaban J connectivity index is 1.28. The van der Waals surface area contributed by atoms with Crippen LogP contribution in [0.15, 0.2) is 0 Å². The molecule has 5 rings (SSSR count). The van der Waals surface area contributed by atoms with E-state index in [-0.39, 0.29) is 17.7 Å². The monoisotopic (exact) mass is 321 g/mol. The van der Waals surface area contributed by atoms with Crippen LogP contribution in [0.3, 0.4) is 0 Å². The van der Waals surface area contributed by atoms with Gasteiger partial charge in [-0.2, -0.15) is 0 Å². The molecule has 7 heteroatoms. The molecule has 5 aliphatic rings. The Morgan fingerprint density at radius 1 is 1.00 bits per heavy atom. The maximum Gasteiger partial charge on any atom is 0.248 e. The summed E-state index contributed by atoms with van der Waals surface area (Å²) in [6.45, 7) is 0. The van der Waals surface area contributed by atoms with Crippen molar-refractivity contribution in [2.24, 2.45) is 29.1 Å². The number of rotatable bonds is 4. The van der Waals surface area contributed by atoms with Crippen molar-refractivity contribution in [1.29, 1.82) is 0 Å². The minimum atomic E-state index is -0.782. The van der Waals surface area contributed by atoms with Gasteiger partial charge in [0.1, 0.15) is 5.92 Å². The molecule has 0 aromatic carbocycles. The fraction of sp³-hybridized carbons (Fsp3) is 0.875. The highest BCUT2D eigenvalue weighted by Crippen LogP contribution is 2.61. The van der Waals surface area contributed by atoms with Crippen molar-refractivity contribution in [3.63, 3.8) is 0 Å². The average molecular weight is 321 g/mol. The van der Waals surface area contributed by atoms with Crippen LogP contribution in [0.4, 0.5) is 0 Å². The third-order valence-electron chi connectivity index (χ3n) is 6.39. The fourth-order valence-electron chi connectivity index (χ4n) is 5.81. The molecule has 5 saturated carbocycles. The maximum absolute atomic E-state index is 12.2. The van der Waals surface area contributed by atoms with E-state index in [4.69, 9.17) is 0 Å². The Hall–Kier alpha value is -1.66. The van der Waals surface area contributed by atoms with Crippen LogP contribution in [-0.4, -0.2) is 22.8 Å². The lowest BCUT2D eigenvalue weighted by molar-refractivity contribution is -0.497. The zero-order chi connectivity index (χ0) is 16.2. The second kappa shape index (κ2) is 5.18. The zero-order valence-corrected chi connectivity index (χ0v) is 13.1. The zero-order valence-electron chi connectivity index (χ0n) is 13.1. The summed E-state index contributed by atoms with van der Waals surface area (Å²) in [5, 5.41) is 10.6. The number of nitrogens with zero attached hydrogens (tertiary/aromatic N) is 1. The first-order valence-electron chi connectivity index (χ1n) is 8.66. The number of nitrogens with one attached hydrogen (secondary N) is 2. The van der Waals surface area contributed by atoms with Crippen LogP contribution in [0.1, 0.15) is 51.4 Å². The van der Waals surface area contributed by atoms with Gasteiger partial charge in [0, 0.05) is 17.8 Å². The Kier molecular flexibility index (Phi) is 3.35. The molecule has 7 nitrogen and oxygen atoms in total. The molecular formula is C16H23N3O4. The van der Waals surface area contributed by atoms with E-state index in [1.54, 1.807) is 0 Å². The second-order valence-electron chi connectivity index (χ2n) is 8.33. The molecule has 0 radical (unpaired) electrons. The molecule has 2 N–H and O–H groups in total. The van der Waals surface area contributed by atoms with Crippen LogP contribution < -0.4 is 10.9 Å². The van der Waals surface area contributed by atoms with Gasteiger partial charge in [-0.25, -0.2) is 0 Å². The summed E-state index contributed by atoms with van der Waals surface area (Å²) in [6, 6.07) is -0.782. The molecule has 0 aromatic rings. The van der Waals surface area contributed by atoms with Crippen LogP contribution in [-0.2, 0) is 9.59 Å². The normalized spacial score (nSPS) is 43.0. The van der Waals surface area contributed by atoms with Crippen molar-refractivity contribution in [3.05, 3.63) is 10.1 Å². The molecule has 0 spiro atoms. The van der Waals surface area contributed by atoms with E-state index in [0.717, 1.165) is 37.0 Å². The highest BCUT2D eigenvalue weighted by Gasteiger charge is 2.54. The quantitative estimate of drug-likeness (QED) is 0.603. The molecule has 2 unspecified atom stereocenters. The Morgan fingerprint density at radius 3 is 2.04 bits per heavy atom. The summed E-state index contributed by atoms with van der Waals surface area (Å²) in [6.07, 6.45) is 8.18. The molecule has 0 aromatic heterocycles. The van der Waals surface area contributed by atoms with E-state index in [1.165, 1.54) is 19.3 Å². The standard InChI is InChI=1S/C16H23N3O4/c20-14(17-18-15(21)12-4-13(12)19(22)23)8-16-5-9-1-10(6-16)3-11(2-9)7-16/h9-13H,1-8H2,(H,17,20)(H,18,21). The van der Waals surface area contributed by atoms with Gasteiger partial charge in [-0.15, -0.1) is 0 Å². The van der Waals surface area contributed by atoms with Gasteiger partial charge in [0.05, 0.1) is 0 Å². The van der Waals surface area contributed by atoms with Crippen molar-refractivity contribution < 1.29 is 14.5 Å². The van der Waals surface area contributed by atoms with Crippen molar-refractivity contribution in [1.82, 2.24) is 10.9 Å². The summed E-state index contributed by atoms with van der Waals surface area (Å²) in [7, 11) is 0. The fourth-order valence-corrected chi connectivity index (χ4v) is 5.81. The van der Waals surface area contributed by atoms with Gasteiger partial charge in [-0.3, -0.25) is 30.6 Å². The molecule has 23 heavy (non-hydrogen) atoms. The lowest BCUT2D eigenvalue weighted by Crippen LogP contribution is -2.50. The number of carbonyl (C=O) groups excluding carboxylic acids is 2. The molecule has 2 atom stereocenters. The topological polar surface area (TPSA) is 101 Å². The van der Waals surface area contributed by atoms with E-state index in [0.29, 0.717) is 6.42 Å². The van der Waals surface area contributed by atoms with Gasteiger partial charge in [0.2, 0.25) is 17.9 Å². The largest absolute Gasteiger partial charge is 0.273 e. The highest BCUT2D eigenvalue weighted by molar-refractivity contribution is 5.85. The molecule has 5 aliphatic carbocycles. The minimum Gasteiger partial charge on any atom is -0.273 e. The van der Waals surface area contributed by atoms with Gasteiger partial charge < -0.3 is 0 Å². The number of amides is 2. The SMILES string of the molecule is O=C(CC12CC3CC(CC(C3)C1)C2)NNC(=O)C1CC1[N+](=O)[O-]. The predicted octanol–water partition coefficient (Wildman–Crippen LogP) is 1.41. The highest BCUT2D eigenvalue weighted by atomic mass is 16.6. The first-order chi connectivity index (χ1) is 10.9. The number of carbonyl (C=O) groups is 2. The lowest BCUT2D eigenvalue weighted by atomic mass is 9.49. The van der Waals surface area contributed by atoms with E-state index >= 15 is 0 Å². The second-order valence-corrected chi connectivity index (χ2v) is 8.33. The first kappa shape index (κ1) is 14.9. The van der Waals surface area contributed by atoms with E-state index in [2.05, 4.69) is 10.9 Å². The summed E-state index contributed by atoms with van der Waals surface area (Å²) < 4.78 is 0. The summed E-state index contributed by atoms with van der Waals surface area (Å²) in [5.41, 5.74) is 4.98. The van der Waals surface area contributed by atoms with Crippen LogP contribution in [0, 0.1) is 39.2 Å². The van der Waals surface area contributed by atoms with E-state index in [9.17, 15) is 19.7 Å². The lowest BCUT2D eigenvalue weighted by Gasteiger charge is -2.56. The van der Waals surface area contributed by atoms with E-state index < -0.39 is 22.8 Å². The Morgan fingerprint density at radius 2 is 1.57 bits per heavy atom. The van der Waals surface area contributed by atoms with Crippen LogP contribution in [0.25, 0.3) is 0 Å². The molecule has 4 bridgehead atoms. The number of hydrazine groups is 1. The van der Waals surface area contributed by atoms with E-state index in [1.807, 2.05) is 0 Å².